The Morgan fingerprint density at radius 1 is 1.05 bits per heavy atom. The van der Waals surface area contributed by atoms with Crippen LogP contribution >= 0.6 is 0 Å². The van der Waals surface area contributed by atoms with Crippen LogP contribution in [-0.2, 0) is 20.8 Å². The predicted octanol–water partition coefficient (Wildman–Crippen LogP) is 4.88. The van der Waals surface area contributed by atoms with Crippen molar-refractivity contribution in [2.24, 2.45) is 17.8 Å². The van der Waals surface area contributed by atoms with Gasteiger partial charge in [0.1, 0.15) is 5.60 Å². The third kappa shape index (κ3) is 11.8. The van der Waals surface area contributed by atoms with Gasteiger partial charge in [-0.3, -0.25) is 9.59 Å². The second kappa shape index (κ2) is 17.3. The van der Waals surface area contributed by atoms with Crippen LogP contribution in [0.1, 0.15) is 84.5 Å². The molecule has 0 radical (unpaired) electrons. The summed E-state index contributed by atoms with van der Waals surface area (Å²) in [5.41, 5.74) is 0.836. The topological polar surface area (TPSA) is 131 Å². The zero-order valence-electron chi connectivity index (χ0n) is 27.4. The number of methoxy groups -OCH3 is 1. The van der Waals surface area contributed by atoms with Crippen molar-refractivity contribution >= 4 is 28.8 Å². The van der Waals surface area contributed by atoms with Crippen LogP contribution in [0.5, 0.6) is 0 Å². The normalized spacial score (nSPS) is 14.7. The number of carbonyl (C=O) groups excluding carboxylic acids is 3. The Morgan fingerprint density at radius 3 is 2.37 bits per heavy atom. The van der Waals surface area contributed by atoms with E-state index in [1.54, 1.807) is 34.8 Å². The molecule has 3 amide bonds. The number of alkyl carbamates (subject to hydrolysis) is 1. The van der Waals surface area contributed by atoms with Crippen LogP contribution in [0.2, 0.25) is 0 Å². The van der Waals surface area contributed by atoms with E-state index in [-0.39, 0.29) is 30.1 Å². The lowest BCUT2D eigenvalue weighted by Crippen LogP contribution is -2.49. The fourth-order valence-electron chi connectivity index (χ4n) is 5.01. The molecule has 43 heavy (non-hydrogen) atoms. The Balaban J connectivity index is 2.18. The molecule has 0 aliphatic carbocycles. The van der Waals surface area contributed by atoms with Crippen molar-refractivity contribution in [2.45, 2.75) is 98.4 Å². The summed E-state index contributed by atoms with van der Waals surface area (Å²) in [5.74, 6) is -0.696. The van der Waals surface area contributed by atoms with Crippen LogP contribution in [-0.4, -0.2) is 72.1 Å². The Labute approximate surface area is 257 Å². The summed E-state index contributed by atoms with van der Waals surface area (Å²) in [6.07, 6.45) is 2.66. The molecule has 1 aromatic heterocycles. The minimum atomic E-state index is -0.991. The van der Waals surface area contributed by atoms with E-state index in [1.165, 1.54) is 0 Å². The molecule has 0 aliphatic rings. The third-order valence-corrected chi connectivity index (χ3v) is 7.63. The first kappa shape index (κ1) is 36.1. The fraction of sp³-hybridized carbons (Fsp3) is 0.667. The van der Waals surface area contributed by atoms with Crippen molar-refractivity contribution in [3.63, 3.8) is 0 Å². The number of ether oxygens (including phenoxy) is 2. The molecule has 1 aromatic carbocycles. The van der Waals surface area contributed by atoms with Gasteiger partial charge in [-0.05, 0) is 57.9 Å². The number of para-hydroxylation sites is 1. The van der Waals surface area contributed by atoms with Gasteiger partial charge in [-0.15, -0.1) is 0 Å². The lowest BCUT2D eigenvalue weighted by molar-refractivity contribution is -0.125. The van der Waals surface area contributed by atoms with Gasteiger partial charge in [0.15, 0.2) is 0 Å². The maximum Gasteiger partial charge on any atom is 0.407 e. The van der Waals surface area contributed by atoms with Gasteiger partial charge in [0.2, 0.25) is 5.91 Å². The maximum atomic E-state index is 13.4. The van der Waals surface area contributed by atoms with Gasteiger partial charge in [0.05, 0.1) is 24.3 Å². The molecule has 4 atom stereocenters. The first-order valence-electron chi connectivity index (χ1n) is 15.6. The number of rotatable bonds is 17. The van der Waals surface area contributed by atoms with Gasteiger partial charge in [-0.1, -0.05) is 52.3 Å². The predicted molar refractivity (Wildman–Crippen MR) is 170 cm³/mol. The number of aliphatic hydroxyl groups is 1. The van der Waals surface area contributed by atoms with Gasteiger partial charge < -0.3 is 35.1 Å². The van der Waals surface area contributed by atoms with Crippen molar-refractivity contribution in [3.05, 3.63) is 36.0 Å². The maximum absolute atomic E-state index is 13.4. The second-order valence-electron chi connectivity index (χ2n) is 12.8. The zero-order valence-corrected chi connectivity index (χ0v) is 27.4. The molecule has 10 nitrogen and oxygen atoms in total. The molecular formula is C33H54N4O6. The van der Waals surface area contributed by atoms with Crippen LogP contribution in [0.3, 0.4) is 0 Å². The SMILES string of the molecule is CCCCNC(=O)C(C)CC(O)C(CC(CNC(=O)c1cn(CCOC)c2ccccc12)C(C)C)NC(=O)OC(C)(C)C. The molecular weight excluding hydrogens is 548 g/mol. The number of hydrogen-bond donors (Lipinski definition) is 4. The van der Waals surface area contributed by atoms with Crippen LogP contribution in [0.15, 0.2) is 30.5 Å². The van der Waals surface area contributed by atoms with Crippen molar-refractivity contribution in [1.29, 1.82) is 0 Å². The van der Waals surface area contributed by atoms with E-state index in [0.29, 0.717) is 38.2 Å². The largest absolute Gasteiger partial charge is 0.444 e. The molecule has 4 N–H and O–H groups in total. The lowest BCUT2D eigenvalue weighted by atomic mass is 9.85. The molecule has 0 saturated heterocycles. The van der Waals surface area contributed by atoms with Crippen LogP contribution in [0.25, 0.3) is 10.9 Å². The van der Waals surface area contributed by atoms with E-state index in [4.69, 9.17) is 9.47 Å². The molecule has 0 fully saturated rings. The monoisotopic (exact) mass is 602 g/mol. The smallest absolute Gasteiger partial charge is 0.407 e. The van der Waals surface area contributed by atoms with E-state index in [1.807, 2.05) is 48.9 Å². The molecule has 2 rings (SSSR count). The highest BCUT2D eigenvalue weighted by molar-refractivity contribution is 6.07. The first-order valence-corrected chi connectivity index (χ1v) is 15.6. The van der Waals surface area contributed by atoms with E-state index in [0.717, 1.165) is 23.7 Å². The average Bonchev–Trinajstić information content (AvgIpc) is 3.30. The Bertz CT molecular complexity index is 1170. The quantitative estimate of drug-likeness (QED) is 0.191. The minimum absolute atomic E-state index is 0.0749. The van der Waals surface area contributed by atoms with Gasteiger partial charge in [-0.25, -0.2) is 4.79 Å². The molecule has 1 heterocycles. The minimum Gasteiger partial charge on any atom is -0.444 e. The summed E-state index contributed by atoms with van der Waals surface area (Å²) in [4.78, 5) is 38.8. The molecule has 242 valence electrons. The summed E-state index contributed by atoms with van der Waals surface area (Å²) in [6.45, 7) is 15.4. The molecule has 4 unspecified atom stereocenters. The number of fused-ring (bicyclic) bond motifs is 1. The number of hydrogen-bond acceptors (Lipinski definition) is 6. The summed E-state index contributed by atoms with van der Waals surface area (Å²) in [5, 5.41) is 21.0. The lowest BCUT2D eigenvalue weighted by Gasteiger charge is -2.32. The van der Waals surface area contributed by atoms with E-state index >= 15 is 0 Å². The van der Waals surface area contributed by atoms with Crippen LogP contribution < -0.4 is 16.0 Å². The third-order valence-electron chi connectivity index (χ3n) is 7.63. The number of aliphatic hydroxyl groups excluding tert-OH is 1. The zero-order chi connectivity index (χ0) is 32.2. The summed E-state index contributed by atoms with van der Waals surface area (Å²) in [6, 6.07) is 7.10. The second-order valence-corrected chi connectivity index (χ2v) is 12.8. The van der Waals surface area contributed by atoms with Gasteiger partial charge in [-0.2, -0.15) is 0 Å². The molecule has 0 bridgehead atoms. The van der Waals surface area contributed by atoms with Gasteiger partial charge in [0.25, 0.3) is 5.91 Å². The highest BCUT2D eigenvalue weighted by Gasteiger charge is 2.31. The number of amides is 3. The van der Waals surface area contributed by atoms with E-state index < -0.39 is 29.8 Å². The number of unbranched alkanes of at least 4 members (excludes halogenated alkanes) is 1. The van der Waals surface area contributed by atoms with E-state index in [9.17, 15) is 19.5 Å². The van der Waals surface area contributed by atoms with Crippen LogP contribution in [0.4, 0.5) is 4.79 Å². The number of benzene rings is 1. The van der Waals surface area contributed by atoms with Crippen LogP contribution in [0, 0.1) is 17.8 Å². The Hall–Kier alpha value is -3.11. The highest BCUT2D eigenvalue weighted by Crippen LogP contribution is 2.24. The Morgan fingerprint density at radius 2 is 1.74 bits per heavy atom. The Kier molecular flexibility index (Phi) is 14.5. The van der Waals surface area contributed by atoms with Crippen molar-refractivity contribution in [1.82, 2.24) is 20.5 Å². The summed E-state index contributed by atoms with van der Waals surface area (Å²) < 4.78 is 12.7. The van der Waals surface area contributed by atoms with Gasteiger partial charge >= 0.3 is 6.09 Å². The van der Waals surface area contributed by atoms with Crippen molar-refractivity contribution in [3.8, 4) is 0 Å². The standard InChI is InChI=1S/C33H54N4O6/c1-9-10-15-34-30(39)23(4)18-29(38)27(36-32(41)43-33(5,6)7)19-24(22(2)3)20-35-31(40)26-21-37(16-17-42-8)28-14-12-11-13-25(26)28/h11-14,21-24,27,29,38H,9-10,15-20H2,1-8H3,(H,34,39)(H,35,40)(H,36,41). The number of aromatic nitrogens is 1. The van der Waals surface area contributed by atoms with Crippen molar-refractivity contribution < 1.29 is 29.0 Å². The molecule has 10 heteroatoms. The average molecular weight is 603 g/mol. The fourth-order valence-corrected chi connectivity index (χ4v) is 5.01. The molecule has 2 aromatic rings. The molecule has 0 aliphatic heterocycles. The number of nitrogens with one attached hydrogen (secondary N) is 3. The molecule has 0 saturated carbocycles. The molecule has 0 spiro atoms. The van der Waals surface area contributed by atoms with E-state index in [2.05, 4.69) is 22.9 Å². The number of nitrogens with zero attached hydrogens (tertiary/aromatic N) is 1. The summed E-state index contributed by atoms with van der Waals surface area (Å²) >= 11 is 0. The van der Waals surface area contributed by atoms with Gasteiger partial charge in [0, 0.05) is 49.8 Å². The highest BCUT2D eigenvalue weighted by atomic mass is 16.6. The summed E-state index contributed by atoms with van der Waals surface area (Å²) in [7, 11) is 1.65. The first-order chi connectivity index (χ1) is 20.3. The number of carbonyl (C=O) groups is 3. The van der Waals surface area contributed by atoms with Crippen molar-refractivity contribution in [2.75, 3.05) is 26.8 Å².